The lowest BCUT2D eigenvalue weighted by Crippen LogP contribution is -2.23. The maximum Gasteiger partial charge on any atom is 0.0667 e. The molecule has 0 saturated carbocycles. The minimum Gasteiger partial charge on any atom is -0.392 e. The van der Waals surface area contributed by atoms with Crippen LogP contribution >= 0.6 is 15.9 Å². The normalized spacial score (nSPS) is 12.8. The quantitative estimate of drug-likeness (QED) is 0.846. The molecule has 1 aromatic carbocycles. The molecular weight excluding hydrogens is 242 g/mol. The molecule has 0 saturated heterocycles. The number of likely N-dealkylation sites (N-methyl/N-ethyl adjacent to an activating group) is 1. The smallest absolute Gasteiger partial charge is 0.0667 e. The van der Waals surface area contributed by atoms with Crippen LogP contribution in [-0.4, -0.2) is 24.8 Å². The zero-order chi connectivity index (χ0) is 10.4. The first kappa shape index (κ1) is 11.7. The van der Waals surface area contributed by atoms with E-state index >= 15 is 0 Å². The minimum atomic E-state index is -0.251. The van der Waals surface area contributed by atoms with E-state index in [9.17, 15) is 5.11 Å². The number of aliphatic hydroxyl groups is 1. The summed E-state index contributed by atoms with van der Waals surface area (Å²) in [6.07, 6.45) is 1.47. The average molecular weight is 258 g/mol. The second kappa shape index (κ2) is 6.17. The van der Waals surface area contributed by atoms with E-state index in [1.54, 1.807) is 0 Å². The van der Waals surface area contributed by atoms with Gasteiger partial charge in [-0.1, -0.05) is 28.1 Å². The number of hydrogen-bond acceptors (Lipinski definition) is 2. The molecule has 14 heavy (non-hydrogen) atoms. The molecule has 78 valence electrons. The first-order chi connectivity index (χ1) is 6.72. The van der Waals surface area contributed by atoms with Gasteiger partial charge in [-0.2, -0.15) is 0 Å². The van der Waals surface area contributed by atoms with Crippen molar-refractivity contribution < 1.29 is 5.11 Å². The molecule has 0 radical (unpaired) electrons. The van der Waals surface area contributed by atoms with Crippen LogP contribution in [0.5, 0.6) is 0 Å². The molecule has 0 amide bonds. The van der Waals surface area contributed by atoms with Gasteiger partial charge in [0, 0.05) is 11.0 Å². The van der Waals surface area contributed by atoms with Crippen LogP contribution in [0.15, 0.2) is 28.7 Å². The minimum absolute atomic E-state index is 0.251. The number of rotatable bonds is 5. The van der Waals surface area contributed by atoms with Gasteiger partial charge in [-0.15, -0.1) is 0 Å². The van der Waals surface area contributed by atoms with Crippen LogP contribution < -0.4 is 5.32 Å². The predicted molar refractivity (Wildman–Crippen MR) is 62.4 cm³/mol. The molecule has 0 aliphatic heterocycles. The van der Waals surface area contributed by atoms with Gasteiger partial charge in [0.1, 0.15) is 0 Å². The Balaban J connectivity index is 2.37. The molecule has 2 nitrogen and oxygen atoms in total. The standard InChI is InChI=1S/C11H16BrNO/c1-13-8-11(14)6-5-9-3-2-4-10(12)7-9/h2-4,7,11,13-14H,5-6,8H2,1H3. The maximum absolute atomic E-state index is 9.51. The summed E-state index contributed by atoms with van der Waals surface area (Å²) < 4.78 is 1.10. The predicted octanol–water partition coefficient (Wildman–Crippen LogP) is 1.96. The van der Waals surface area contributed by atoms with E-state index in [0.29, 0.717) is 6.54 Å². The average Bonchev–Trinajstić information content (AvgIpc) is 2.15. The zero-order valence-electron chi connectivity index (χ0n) is 8.33. The second-order valence-corrected chi connectivity index (χ2v) is 4.30. The molecule has 0 aromatic heterocycles. The first-order valence-electron chi connectivity index (χ1n) is 4.79. The summed E-state index contributed by atoms with van der Waals surface area (Å²) in [6.45, 7) is 0.661. The Hall–Kier alpha value is -0.380. The van der Waals surface area contributed by atoms with Crippen LogP contribution in [0.3, 0.4) is 0 Å². The molecule has 1 unspecified atom stereocenters. The lowest BCUT2D eigenvalue weighted by Gasteiger charge is -2.09. The third-order valence-corrected chi connectivity index (χ3v) is 2.59. The van der Waals surface area contributed by atoms with Crippen molar-refractivity contribution >= 4 is 15.9 Å². The summed E-state index contributed by atoms with van der Waals surface area (Å²) >= 11 is 3.43. The van der Waals surface area contributed by atoms with Gasteiger partial charge in [0.25, 0.3) is 0 Å². The van der Waals surface area contributed by atoms with Gasteiger partial charge < -0.3 is 10.4 Å². The van der Waals surface area contributed by atoms with Crippen molar-refractivity contribution in [3.8, 4) is 0 Å². The monoisotopic (exact) mass is 257 g/mol. The van der Waals surface area contributed by atoms with Gasteiger partial charge in [-0.3, -0.25) is 0 Å². The highest BCUT2D eigenvalue weighted by Crippen LogP contribution is 2.13. The van der Waals surface area contributed by atoms with Crippen LogP contribution in [0.25, 0.3) is 0 Å². The van der Waals surface area contributed by atoms with Gasteiger partial charge in [-0.25, -0.2) is 0 Å². The molecule has 2 N–H and O–H groups in total. The molecule has 0 spiro atoms. The summed E-state index contributed by atoms with van der Waals surface area (Å²) in [6, 6.07) is 8.19. The second-order valence-electron chi connectivity index (χ2n) is 3.38. The van der Waals surface area contributed by atoms with Gasteiger partial charge in [0.15, 0.2) is 0 Å². The highest BCUT2D eigenvalue weighted by Gasteiger charge is 2.02. The van der Waals surface area contributed by atoms with Crippen molar-refractivity contribution in [1.82, 2.24) is 5.32 Å². The Kier molecular flexibility index (Phi) is 5.15. The highest BCUT2D eigenvalue weighted by molar-refractivity contribution is 9.10. The lowest BCUT2D eigenvalue weighted by molar-refractivity contribution is 0.165. The molecule has 0 heterocycles. The van der Waals surface area contributed by atoms with Crippen LogP contribution in [-0.2, 0) is 6.42 Å². The van der Waals surface area contributed by atoms with Crippen molar-refractivity contribution in [2.75, 3.05) is 13.6 Å². The topological polar surface area (TPSA) is 32.3 Å². The fourth-order valence-electron chi connectivity index (χ4n) is 1.36. The molecule has 3 heteroatoms. The van der Waals surface area contributed by atoms with Crippen LogP contribution in [0.4, 0.5) is 0 Å². The van der Waals surface area contributed by atoms with E-state index in [1.807, 2.05) is 19.2 Å². The van der Waals surface area contributed by atoms with Crippen molar-refractivity contribution in [2.45, 2.75) is 18.9 Å². The number of hydrogen-bond donors (Lipinski definition) is 2. The Morgan fingerprint density at radius 2 is 2.29 bits per heavy atom. The SMILES string of the molecule is CNCC(O)CCc1cccc(Br)c1. The van der Waals surface area contributed by atoms with Crippen LogP contribution in [0.1, 0.15) is 12.0 Å². The zero-order valence-corrected chi connectivity index (χ0v) is 9.92. The molecule has 0 fully saturated rings. The summed E-state index contributed by atoms with van der Waals surface area (Å²) in [5, 5.41) is 12.5. The van der Waals surface area contributed by atoms with E-state index in [1.165, 1.54) is 5.56 Å². The number of aliphatic hydroxyl groups excluding tert-OH is 1. The van der Waals surface area contributed by atoms with E-state index in [2.05, 4.69) is 33.4 Å². The Morgan fingerprint density at radius 1 is 1.50 bits per heavy atom. The third kappa shape index (κ3) is 4.22. The molecular formula is C11H16BrNO. The van der Waals surface area contributed by atoms with Gasteiger partial charge >= 0.3 is 0 Å². The summed E-state index contributed by atoms with van der Waals surface area (Å²) in [5.41, 5.74) is 1.26. The molecule has 1 aromatic rings. The fraction of sp³-hybridized carbons (Fsp3) is 0.455. The molecule has 1 rings (SSSR count). The lowest BCUT2D eigenvalue weighted by atomic mass is 10.1. The van der Waals surface area contributed by atoms with Gasteiger partial charge in [-0.05, 0) is 37.6 Å². The summed E-state index contributed by atoms with van der Waals surface area (Å²) in [7, 11) is 1.85. The number of halogens is 1. The van der Waals surface area contributed by atoms with Crippen molar-refractivity contribution in [1.29, 1.82) is 0 Å². The maximum atomic E-state index is 9.51. The Labute approximate surface area is 93.5 Å². The fourth-order valence-corrected chi connectivity index (χ4v) is 1.81. The van der Waals surface area contributed by atoms with Crippen molar-refractivity contribution in [2.24, 2.45) is 0 Å². The third-order valence-electron chi connectivity index (χ3n) is 2.10. The molecule has 1 atom stereocenters. The number of benzene rings is 1. The van der Waals surface area contributed by atoms with Gasteiger partial charge in [0.05, 0.1) is 6.10 Å². The van der Waals surface area contributed by atoms with Crippen molar-refractivity contribution in [3.63, 3.8) is 0 Å². The van der Waals surface area contributed by atoms with E-state index in [0.717, 1.165) is 17.3 Å². The Morgan fingerprint density at radius 3 is 2.93 bits per heavy atom. The molecule has 0 aliphatic carbocycles. The largest absolute Gasteiger partial charge is 0.392 e. The van der Waals surface area contributed by atoms with E-state index < -0.39 is 0 Å². The highest BCUT2D eigenvalue weighted by atomic mass is 79.9. The summed E-state index contributed by atoms with van der Waals surface area (Å²) in [5.74, 6) is 0. The van der Waals surface area contributed by atoms with Gasteiger partial charge in [0.2, 0.25) is 0 Å². The first-order valence-corrected chi connectivity index (χ1v) is 5.59. The van der Waals surface area contributed by atoms with Crippen LogP contribution in [0, 0.1) is 0 Å². The Bertz CT molecular complexity index is 278. The summed E-state index contributed by atoms with van der Waals surface area (Å²) in [4.78, 5) is 0. The molecule has 0 bridgehead atoms. The van der Waals surface area contributed by atoms with E-state index in [-0.39, 0.29) is 6.10 Å². The van der Waals surface area contributed by atoms with Crippen molar-refractivity contribution in [3.05, 3.63) is 34.3 Å². The van der Waals surface area contributed by atoms with E-state index in [4.69, 9.17) is 0 Å². The number of aryl methyl sites for hydroxylation is 1. The number of nitrogens with one attached hydrogen (secondary N) is 1. The van der Waals surface area contributed by atoms with Crippen LogP contribution in [0.2, 0.25) is 0 Å². The molecule has 0 aliphatic rings.